The summed E-state index contributed by atoms with van der Waals surface area (Å²) in [6, 6.07) is 1.01. The number of likely N-dealkylation sites (tertiary alicyclic amines) is 6. The Bertz CT molecular complexity index is 3660. The van der Waals surface area contributed by atoms with Crippen LogP contribution in [0.15, 0.2) is 0 Å². The van der Waals surface area contributed by atoms with Crippen molar-refractivity contribution in [1.82, 2.24) is 54.7 Å². The fraction of sp³-hybridized carbons (Fsp3) is 0.911. The van der Waals surface area contributed by atoms with Crippen molar-refractivity contribution in [1.29, 1.82) is 0 Å². The van der Waals surface area contributed by atoms with Crippen LogP contribution in [0.3, 0.4) is 0 Å². The molecule has 14 rings (SSSR count). The van der Waals surface area contributed by atoms with Crippen molar-refractivity contribution >= 4 is 65.1 Å². The highest BCUT2D eigenvalue weighted by Crippen LogP contribution is 2.57. The van der Waals surface area contributed by atoms with Gasteiger partial charge < -0.3 is 69.3 Å². The second-order valence-electron chi connectivity index (χ2n) is 37.7. The number of ether oxygens (including phenoxy) is 5. The van der Waals surface area contributed by atoms with Gasteiger partial charge in [0, 0.05) is 133 Å². The van der Waals surface area contributed by atoms with Crippen molar-refractivity contribution in [2.75, 3.05) is 157 Å². The number of carbonyl (C=O) groups is 7. The lowest BCUT2D eigenvalue weighted by atomic mass is 9.64. The molecule has 5 unspecified atom stereocenters. The molecule has 5 amide bonds. The van der Waals surface area contributed by atoms with Crippen molar-refractivity contribution in [3.63, 3.8) is 0 Å². The number of aldehydes is 1. The third-order valence-corrected chi connectivity index (χ3v) is 25.5. The molecule has 0 aromatic rings. The molecule has 14 fully saturated rings. The quantitative estimate of drug-likeness (QED) is 0.0425. The number of nitrogens with two attached hydrogens (primary N) is 1. The smallest absolute Gasteiger partial charge is 0.450 e. The molecule has 2 spiro atoms. The van der Waals surface area contributed by atoms with Crippen molar-refractivity contribution in [2.24, 2.45) is 75.7 Å². The largest absolute Gasteiger partial charge is 0.523 e. The molecule has 0 radical (unpaired) electrons. The lowest BCUT2D eigenvalue weighted by molar-refractivity contribution is -0.156. The number of Topliss-reactive ketones (excluding diaryl/α,β-unsaturated/α-hetero) is 1. The normalized spacial score (nSPS) is 29.8. The van der Waals surface area contributed by atoms with Gasteiger partial charge in [-0.25, -0.2) is 24.0 Å². The topological polar surface area (TPSA) is 288 Å². The number of nitrogens with one attached hydrogen (secondary N) is 2. The highest BCUT2D eigenvalue weighted by atomic mass is 35.5. The first-order valence-corrected chi connectivity index (χ1v) is 43.8. The highest BCUT2D eigenvalue weighted by Gasteiger charge is 2.65. The van der Waals surface area contributed by atoms with Crippen LogP contribution in [0.5, 0.6) is 0 Å². The number of carbonyl (C=O) groups excluding carboxylic acids is 7. The predicted molar refractivity (Wildman–Crippen MR) is 424 cm³/mol. The Hall–Kier alpha value is -5.65. The van der Waals surface area contributed by atoms with Crippen LogP contribution >= 0.6 is 12.4 Å². The molecule has 7 heterocycles. The molecule has 0 bridgehead atoms. The second-order valence-corrected chi connectivity index (χ2v) is 39.3. The maximum atomic E-state index is 12.7. The molecule has 732 valence electrons. The zero-order chi connectivity index (χ0) is 94.5. The number of alkyl halides is 18. The summed E-state index contributed by atoms with van der Waals surface area (Å²) < 4.78 is 264. The molecule has 7 saturated carbocycles. The summed E-state index contributed by atoms with van der Waals surface area (Å²) in [6.45, 7) is 33.3. The summed E-state index contributed by atoms with van der Waals surface area (Å²) in [5.74, 6) is 3.71. The highest BCUT2D eigenvalue weighted by molar-refractivity contribution is 7.87. The van der Waals surface area contributed by atoms with Crippen LogP contribution in [-0.2, 0) is 47.6 Å². The van der Waals surface area contributed by atoms with Gasteiger partial charge in [0.15, 0.2) is 6.61 Å². The van der Waals surface area contributed by atoms with E-state index in [4.69, 9.17) is 34.2 Å². The fourth-order valence-corrected chi connectivity index (χ4v) is 19.2. The van der Waals surface area contributed by atoms with Crippen LogP contribution in [-0.4, -0.2) is 342 Å². The first-order valence-electron chi connectivity index (χ1n) is 42.4. The van der Waals surface area contributed by atoms with Gasteiger partial charge in [0.2, 0.25) is 0 Å². The van der Waals surface area contributed by atoms with Crippen molar-refractivity contribution in [3.8, 4) is 0 Å². The van der Waals surface area contributed by atoms with Crippen molar-refractivity contribution in [3.05, 3.63) is 0 Å². The number of ketones is 1. The van der Waals surface area contributed by atoms with Crippen LogP contribution in [0.2, 0.25) is 0 Å². The number of halogens is 19. The minimum Gasteiger partial charge on any atom is -0.450 e. The Morgan fingerprint density at radius 3 is 1.12 bits per heavy atom. The van der Waals surface area contributed by atoms with Crippen LogP contribution in [0.4, 0.5) is 103 Å². The summed E-state index contributed by atoms with van der Waals surface area (Å²) in [5, 5.41) is 5.69. The minimum absolute atomic E-state index is 0. The van der Waals surface area contributed by atoms with Gasteiger partial charge in [-0.15, -0.1) is 12.4 Å². The zero-order valence-corrected chi connectivity index (χ0v) is 75.5. The lowest BCUT2D eigenvalue weighted by Crippen LogP contribution is -2.53. The lowest BCUT2D eigenvalue weighted by Gasteiger charge is -2.49. The van der Waals surface area contributed by atoms with E-state index in [0.29, 0.717) is 132 Å². The van der Waals surface area contributed by atoms with Crippen LogP contribution in [0.25, 0.3) is 0 Å². The van der Waals surface area contributed by atoms with E-state index < -0.39 is 96.1 Å². The SMILES string of the molecule is CC(C)(C)OC(=O)N1C[C@@H]2C(N)[C@@H]2C1.CC(C)(C)OC(=O)N1C[C@@H]2C(NCC(F)(F)F)[C@@H]2C1.CC=O.CCN(CC(F)(F)F)C1[C@H]2CN(C(=O)OC(C)(C)C)C[C@@H]12.CCN(CC(F)(F)F)C1[C@H]2CNC[C@@H]12.CCOC(=O)N1CCC2(CC(=O)C2)C1.CCOC(=O)N1CCC2(CC(N3C[C@@H]4C(N(CC)CC(F)(F)F)[C@@H]4C3)C2)C1.Cl.O=S(=O)(OCC(F)(F)F)C(F)(F)F. The zero-order valence-electron chi connectivity index (χ0n) is 73.9. The Labute approximate surface area is 730 Å². The molecule has 7 aliphatic heterocycles. The monoisotopic (exact) mass is 1890 g/mol. The molecular formula is C79H127ClF18N12O15S. The number of hydrogen-bond donors (Lipinski definition) is 3. The van der Waals surface area contributed by atoms with E-state index in [0.717, 1.165) is 90.9 Å². The van der Waals surface area contributed by atoms with Gasteiger partial charge in [0.1, 0.15) is 28.9 Å². The molecule has 15 atom stereocenters. The second kappa shape index (κ2) is 42.5. The van der Waals surface area contributed by atoms with Crippen LogP contribution in [0, 0.1) is 70.0 Å². The third-order valence-electron chi connectivity index (χ3n) is 24.5. The van der Waals surface area contributed by atoms with Crippen LogP contribution in [0.1, 0.15) is 142 Å². The van der Waals surface area contributed by atoms with E-state index in [1.807, 2.05) is 39.5 Å². The standard InChI is InChI=1S/C19H30F3N3O2.C14H23F3N2O2.C12H19F3N2O2.C10H18N2O2.C10H15NO3.C9H15F3N2.C3H2F6O3S.C2H4O.ClH/c1-3-23(12-19(20,21)22)16-14-9-25(10-15(14)16)13-7-18(8-13)5-6-24(11-18)17(26)27-4-2;1-5-18(8-14(15,16)17)11-9-6-19(7-10(9)11)12(20)21-13(2,3)4;1-11(2,3)19-10(18)17-4-7-8(5-17)9(7)16-6-12(13,14)15;1-10(2,3)14-9(13)12-4-6-7(5-12)8(6)11;1-2-14-9(13)11-4-3-10(7-11)5-8(12)6-10;1-2-14(5-9(10,11)12)8-6-3-13-4-7(6)8;4-2(5,6)1-12-13(10,11)3(7,8)9;1-2-3;/h13-16H,3-12H2,1-2H3;9-11H,5-8H2,1-4H3;7-9,16H,4-6H2,1-3H3;6-8H,4-5,11H2,1-3H3;2-7H2,1H3;6-8,13H,2-5H2,1H3;1H2;2H,1H3;1H/t13?,14-,15+,16?,18?;9-,10+,11?;7-,8+,9?;6-,7+,8?;;6-,7+,8?;;;. The summed E-state index contributed by atoms with van der Waals surface area (Å²) >= 11 is 0. The van der Waals surface area contributed by atoms with Gasteiger partial charge >= 0.3 is 77.0 Å². The summed E-state index contributed by atoms with van der Waals surface area (Å²) in [5.41, 5.74) is -1.18. The number of fused-ring (bicyclic) bond motifs is 5. The van der Waals surface area contributed by atoms with E-state index in [2.05, 4.69) is 19.7 Å². The summed E-state index contributed by atoms with van der Waals surface area (Å²) in [6.07, 6.45) is -16.8. The first-order chi connectivity index (χ1) is 57.3. The maximum Gasteiger partial charge on any atom is 0.523 e. The molecule has 7 saturated heterocycles. The van der Waals surface area contributed by atoms with Crippen molar-refractivity contribution < 1.29 is 149 Å². The van der Waals surface area contributed by atoms with E-state index in [1.165, 1.54) is 11.8 Å². The molecule has 0 aromatic heterocycles. The Morgan fingerprint density at radius 1 is 0.484 bits per heavy atom. The molecule has 126 heavy (non-hydrogen) atoms. The van der Waals surface area contributed by atoms with Gasteiger partial charge in [-0.05, 0) is 206 Å². The van der Waals surface area contributed by atoms with Gasteiger partial charge in [-0.1, -0.05) is 20.8 Å². The van der Waals surface area contributed by atoms with E-state index in [1.54, 1.807) is 91.7 Å². The molecule has 7 aliphatic carbocycles. The maximum absolute atomic E-state index is 12.7. The number of hydrogen-bond acceptors (Lipinski definition) is 22. The summed E-state index contributed by atoms with van der Waals surface area (Å²) in [4.78, 5) is 93.9. The number of piperidine rings is 5. The average molecular weight is 1890 g/mol. The molecule has 4 N–H and O–H groups in total. The summed E-state index contributed by atoms with van der Waals surface area (Å²) in [7, 11) is -6.15. The Balaban J connectivity index is 0.000000229. The molecule has 47 heteroatoms. The number of nitrogens with zero attached hydrogens (tertiary/aromatic N) is 9. The molecule has 0 aromatic carbocycles. The van der Waals surface area contributed by atoms with E-state index in [9.17, 15) is 116 Å². The van der Waals surface area contributed by atoms with Gasteiger partial charge in [-0.3, -0.25) is 28.6 Å². The average Bonchev–Trinajstić information content (AvgIpc) is 1.55. The fourth-order valence-electron chi connectivity index (χ4n) is 18.8. The minimum atomic E-state index is -6.15. The molecular weight excluding hydrogens is 1770 g/mol. The van der Waals surface area contributed by atoms with Gasteiger partial charge in [0.25, 0.3) is 0 Å². The Kier molecular flexibility index (Phi) is 36.8. The third kappa shape index (κ3) is 32.4. The van der Waals surface area contributed by atoms with Crippen molar-refractivity contribution in [2.45, 2.75) is 232 Å². The molecule has 14 aliphatic rings. The van der Waals surface area contributed by atoms with E-state index >= 15 is 0 Å². The van der Waals surface area contributed by atoms with E-state index in [-0.39, 0.29) is 102 Å². The Morgan fingerprint density at radius 2 is 0.810 bits per heavy atom. The number of amides is 5. The van der Waals surface area contributed by atoms with Gasteiger partial charge in [0.05, 0.1) is 39.4 Å². The predicted octanol–water partition coefficient (Wildman–Crippen LogP) is 12.7. The molecule has 27 nitrogen and oxygen atoms in total. The van der Waals surface area contributed by atoms with Gasteiger partial charge in [-0.2, -0.15) is 87.4 Å². The number of rotatable bonds is 16. The van der Waals surface area contributed by atoms with Crippen LogP contribution < -0.4 is 16.4 Å². The first kappa shape index (κ1) is 109.